The van der Waals surface area contributed by atoms with Gasteiger partial charge >= 0.3 is 0 Å². The first-order chi connectivity index (χ1) is 10.1. The van der Waals surface area contributed by atoms with Crippen molar-refractivity contribution < 1.29 is 9.59 Å². The second-order valence-electron chi connectivity index (χ2n) is 4.95. The number of ketones is 1. The highest BCUT2D eigenvalue weighted by Gasteiger charge is 2.13. The second-order valence-corrected chi connectivity index (χ2v) is 6.03. The van der Waals surface area contributed by atoms with Gasteiger partial charge < -0.3 is 0 Å². The van der Waals surface area contributed by atoms with Crippen LogP contribution in [0, 0.1) is 5.92 Å². The third-order valence-corrected chi connectivity index (χ3v) is 4.50. The Morgan fingerprint density at radius 2 is 1.52 bits per heavy atom. The highest BCUT2D eigenvalue weighted by Crippen LogP contribution is 2.24. The molecule has 0 aliphatic carbocycles. The Morgan fingerprint density at radius 1 is 0.952 bits per heavy atom. The molecule has 2 rings (SSSR count). The number of hydrogen-bond acceptors (Lipinski definition) is 3. The summed E-state index contributed by atoms with van der Waals surface area (Å²) < 4.78 is 0. The van der Waals surface area contributed by atoms with Gasteiger partial charge in [0.2, 0.25) is 0 Å². The van der Waals surface area contributed by atoms with Gasteiger partial charge in [-0.15, -0.1) is 0 Å². The van der Waals surface area contributed by atoms with Crippen LogP contribution in [0.2, 0.25) is 0 Å². The number of carbonyl (C=O) groups excluding carboxylic acids is 2. The number of rotatable bonds is 5. The largest absolute Gasteiger partial charge is 0.289 e. The fourth-order valence-electron chi connectivity index (χ4n) is 1.81. The van der Waals surface area contributed by atoms with Crippen LogP contribution in [0.1, 0.15) is 36.2 Å². The van der Waals surface area contributed by atoms with Gasteiger partial charge in [-0.1, -0.05) is 55.9 Å². The molecule has 0 amide bonds. The van der Waals surface area contributed by atoms with Crippen molar-refractivity contribution >= 4 is 22.7 Å². The average molecular weight is 298 g/mol. The monoisotopic (exact) mass is 298 g/mol. The van der Waals surface area contributed by atoms with E-state index in [1.165, 1.54) is 11.8 Å². The molecule has 3 heteroatoms. The topological polar surface area (TPSA) is 34.1 Å². The van der Waals surface area contributed by atoms with E-state index >= 15 is 0 Å². The van der Waals surface area contributed by atoms with E-state index in [-0.39, 0.29) is 16.8 Å². The molecule has 0 bridgehead atoms. The van der Waals surface area contributed by atoms with E-state index in [0.717, 1.165) is 11.3 Å². The van der Waals surface area contributed by atoms with Crippen LogP contribution in [-0.2, 0) is 4.79 Å². The predicted molar refractivity (Wildman–Crippen MR) is 86.6 cm³/mol. The van der Waals surface area contributed by atoms with Gasteiger partial charge in [-0.3, -0.25) is 9.59 Å². The van der Waals surface area contributed by atoms with E-state index in [2.05, 4.69) is 0 Å². The summed E-state index contributed by atoms with van der Waals surface area (Å²) in [6, 6.07) is 16.4. The van der Waals surface area contributed by atoms with Gasteiger partial charge in [0.15, 0.2) is 10.9 Å². The molecule has 0 N–H and O–H groups in total. The summed E-state index contributed by atoms with van der Waals surface area (Å²) in [6.07, 6.45) is 0.844. The third-order valence-electron chi connectivity index (χ3n) is 3.39. The lowest BCUT2D eigenvalue weighted by atomic mass is 10.0. The first-order valence-corrected chi connectivity index (χ1v) is 7.85. The number of hydrogen-bond donors (Lipinski definition) is 0. The Bertz CT molecular complexity index is 617. The molecule has 21 heavy (non-hydrogen) atoms. The molecule has 2 nitrogen and oxygen atoms in total. The first kappa shape index (κ1) is 15.5. The van der Waals surface area contributed by atoms with Crippen molar-refractivity contribution in [3.63, 3.8) is 0 Å². The average Bonchev–Trinajstić information content (AvgIpc) is 2.55. The predicted octanol–water partition coefficient (Wildman–Crippen LogP) is 4.58. The van der Waals surface area contributed by atoms with E-state index in [0.29, 0.717) is 11.1 Å². The molecule has 0 saturated heterocycles. The van der Waals surface area contributed by atoms with Gasteiger partial charge in [0.05, 0.1) is 0 Å². The Hall–Kier alpha value is -1.87. The van der Waals surface area contributed by atoms with Crippen molar-refractivity contribution in [1.29, 1.82) is 0 Å². The standard InChI is InChI=1S/C18H18O2S/c1-3-13(2)18(20)21-16-11-9-15(10-12-16)17(19)14-7-5-4-6-8-14/h4-13H,3H2,1-2H3. The molecule has 0 aromatic heterocycles. The van der Waals surface area contributed by atoms with Crippen LogP contribution in [0.15, 0.2) is 59.5 Å². The van der Waals surface area contributed by atoms with Gasteiger partial charge in [-0.25, -0.2) is 0 Å². The lowest BCUT2D eigenvalue weighted by Gasteiger charge is -2.07. The molecule has 108 valence electrons. The van der Waals surface area contributed by atoms with E-state index in [9.17, 15) is 9.59 Å². The van der Waals surface area contributed by atoms with Crippen LogP contribution >= 0.6 is 11.8 Å². The van der Waals surface area contributed by atoms with Crippen LogP contribution in [0.25, 0.3) is 0 Å². The zero-order valence-electron chi connectivity index (χ0n) is 12.2. The van der Waals surface area contributed by atoms with Crippen LogP contribution in [0.3, 0.4) is 0 Å². The summed E-state index contributed by atoms with van der Waals surface area (Å²) in [5, 5.41) is 0.166. The van der Waals surface area contributed by atoms with Crippen LogP contribution in [0.5, 0.6) is 0 Å². The van der Waals surface area contributed by atoms with Crippen molar-refractivity contribution in [3.05, 3.63) is 65.7 Å². The summed E-state index contributed by atoms with van der Waals surface area (Å²) in [6.45, 7) is 3.94. The van der Waals surface area contributed by atoms with E-state index in [4.69, 9.17) is 0 Å². The van der Waals surface area contributed by atoms with Crippen molar-refractivity contribution in [3.8, 4) is 0 Å². The van der Waals surface area contributed by atoms with Gasteiger partial charge in [0.25, 0.3) is 0 Å². The van der Waals surface area contributed by atoms with Crippen molar-refractivity contribution in [1.82, 2.24) is 0 Å². The van der Waals surface area contributed by atoms with Crippen LogP contribution in [0.4, 0.5) is 0 Å². The van der Waals surface area contributed by atoms with Crippen molar-refractivity contribution in [2.24, 2.45) is 5.92 Å². The van der Waals surface area contributed by atoms with Gasteiger partial charge in [-0.05, 0) is 30.7 Å². The van der Waals surface area contributed by atoms with E-state index in [1.807, 2.05) is 44.2 Å². The lowest BCUT2D eigenvalue weighted by Crippen LogP contribution is -2.05. The summed E-state index contributed by atoms with van der Waals surface area (Å²) in [5.41, 5.74) is 1.31. The Morgan fingerprint density at radius 3 is 2.10 bits per heavy atom. The summed E-state index contributed by atoms with van der Waals surface area (Å²) in [7, 11) is 0. The second kappa shape index (κ2) is 7.23. The zero-order chi connectivity index (χ0) is 15.2. The molecule has 1 atom stereocenters. The Labute approximate surface area is 129 Å². The first-order valence-electron chi connectivity index (χ1n) is 7.03. The smallest absolute Gasteiger partial charge is 0.196 e. The number of benzene rings is 2. The quantitative estimate of drug-likeness (QED) is 0.598. The van der Waals surface area contributed by atoms with Gasteiger partial charge in [0, 0.05) is 21.9 Å². The van der Waals surface area contributed by atoms with Crippen molar-refractivity contribution in [2.75, 3.05) is 0 Å². The molecule has 0 saturated carbocycles. The lowest BCUT2D eigenvalue weighted by molar-refractivity contribution is -0.113. The Kier molecular flexibility index (Phi) is 5.34. The molecular formula is C18H18O2S. The van der Waals surface area contributed by atoms with E-state index in [1.54, 1.807) is 24.3 Å². The maximum atomic E-state index is 12.3. The van der Waals surface area contributed by atoms with E-state index < -0.39 is 0 Å². The molecule has 0 heterocycles. The fraction of sp³-hybridized carbons (Fsp3) is 0.222. The number of carbonyl (C=O) groups is 2. The Balaban J connectivity index is 2.09. The molecule has 0 radical (unpaired) electrons. The normalized spacial score (nSPS) is 11.9. The SMILES string of the molecule is CCC(C)C(=O)Sc1ccc(C(=O)c2ccccc2)cc1. The fourth-order valence-corrected chi connectivity index (χ4v) is 2.69. The van der Waals surface area contributed by atoms with Crippen LogP contribution in [-0.4, -0.2) is 10.9 Å². The third kappa shape index (κ3) is 4.05. The minimum absolute atomic E-state index is 0.000373. The minimum Gasteiger partial charge on any atom is -0.289 e. The maximum Gasteiger partial charge on any atom is 0.196 e. The minimum atomic E-state index is 0.000373. The van der Waals surface area contributed by atoms with Crippen LogP contribution < -0.4 is 0 Å². The molecular weight excluding hydrogens is 280 g/mol. The zero-order valence-corrected chi connectivity index (χ0v) is 13.0. The highest BCUT2D eigenvalue weighted by molar-refractivity contribution is 8.13. The molecule has 0 spiro atoms. The van der Waals surface area contributed by atoms with Gasteiger partial charge in [0.1, 0.15) is 0 Å². The molecule has 2 aromatic rings. The van der Waals surface area contributed by atoms with Crippen molar-refractivity contribution in [2.45, 2.75) is 25.2 Å². The summed E-state index contributed by atoms with van der Waals surface area (Å²) in [4.78, 5) is 25.0. The number of thioether (sulfide) groups is 1. The molecule has 0 aliphatic rings. The highest BCUT2D eigenvalue weighted by atomic mass is 32.2. The molecule has 2 aromatic carbocycles. The summed E-state index contributed by atoms with van der Waals surface area (Å²) in [5.74, 6) is 0.0565. The summed E-state index contributed by atoms with van der Waals surface area (Å²) >= 11 is 1.24. The molecule has 0 fully saturated rings. The maximum absolute atomic E-state index is 12.3. The van der Waals surface area contributed by atoms with Gasteiger partial charge in [-0.2, -0.15) is 0 Å². The molecule has 1 unspecified atom stereocenters. The molecule has 0 aliphatic heterocycles.